The van der Waals surface area contributed by atoms with Crippen molar-refractivity contribution in [1.82, 2.24) is 0 Å². The van der Waals surface area contributed by atoms with Crippen LogP contribution in [0.1, 0.15) is 46.0 Å². The van der Waals surface area contributed by atoms with E-state index in [-0.39, 0.29) is 5.92 Å². The van der Waals surface area contributed by atoms with Crippen LogP contribution in [0.4, 0.5) is 8.78 Å². The molecular formula is C14H24F2O4. The molecule has 1 N–H and O–H groups in total. The number of hydrogen-bond donors (Lipinski definition) is 1. The Hall–Kier alpha value is -0.750. The van der Waals surface area contributed by atoms with Gasteiger partial charge in [-0.3, -0.25) is 0 Å². The summed E-state index contributed by atoms with van der Waals surface area (Å²) >= 11 is 0. The van der Waals surface area contributed by atoms with Gasteiger partial charge in [-0.25, -0.2) is 4.79 Å². The van der Waals surface area contributed by atoms with Crippen molar-refractivity contribution in [1.29, 1.82) is 0 Å². The van der Waals surface area contributed by atoms with Crippen molar-refractivity contribution in [2.45, 2.75) is 64.3 Å². The third kappa shape index (κ3) is 4.12. The SMILES string of the molecule is COC(OC(C1CCCCC1)C(F)(F)C(=O)O)C(C)C. The predicted octanol–water partition coefficient (Wildman–Crippen LogP) is 3.30. The summed E-state index contributed by atoms with van der Waals surface area (Å²) in [4.78, 5) is 10.9. The van der Waals surface area contributed by atoms with Gasteiger partial charge in [0.05, 0.1) is 0 Å². The highest BCUT2D eigenvalue weighted by Gasteiger charge is 2.53. The molecule has 0 aromatic heterocycles. The van der Waals surface area contributed by atoms with E-state index in [1.807, 2.05) is 0 Å². The fourth-order valence-corrected chi connectivity index (χ4v) is 2.68. The summed E-state index contributed by atoms with van der Waals surface area (Å²) in [6, 6.07) is 0. The van der Waals surface area contributed by atoms with E-state index < -0.39 is 30.2 Å². The summed E-state index contributed by atoms with van der Waals surface area (Å²) in [5.41, 5.74) is 0. The lowest BCUT2D eigenvalue weighted by molar-refractivity contribution is -0.252. The number of ether oxygens (including phenoxy) is 2. The molecule has 0 aliphatic heterocycles. The molecule has 6 heteroatoms. The molecule has 0 radical (unpaired) electrons. The lowest BCUT2D eigenvalue weighted by atomic mass is 9.82. The lowest BCUT2D eigenvalue weighted by Gasteiger charge is -2.36. The molecule has 2 atom stereocenters. The summed E-state index contributed by atoms with van der Waals surface area (Å²) in [6.07, 6.45) is 1.35. The molecule has 118 valence electrons. The summed E-state index contributed by atoms with van der Waals surface area (Å²) in [5, 5.41) is 8.80. The Balaban J connectivity index is 2.91. The molecule has 0 bridgehead atoms. The molecule has 0 aromatic carbocycles. The Morgan fingerprint density at radius 3 is 2.20 bits per heavy atom. The standard InChI is InChI=1S/C14H24F2O4/c1-9(2)12(19-3)20-11(14(15,16)13(17)18)10-7-5-4-6-8-10/h9-12H,4-8H2,1-3H3,(H,17,18). The Morgan fingerprint density at radius 2 is 1.80 bits per heavy atom. The molecule has 0 spiro atoms. The van der Waals surface area contributed by atoms with Gasteiger partial charge in [0.25, 0.3) is 0 Å². The smallest absolute Gasteiger partial charge is 0.377 e. The Bertz CT molecular complexity index is 314. The molecule has 1 fully saturated rings. The van der Waals surface area contributed by atoms with Gasteiger partial charge < -0.3 is 14.6 Å². The second-order valence-electron chi connectivity index (χ2n) is 5.73. The van der Waals surface area contributed by atoms with Gasteiger partial charge in [0.2, 0.25) is 0 Å². The second kappa shape index (κ2) is 7.31. The van der Waals surface area contributed by atoms with Crippen LogP contribution in [-0.4, -0.2) is 36.5 Å². The molecule has 0 saturated heterocycles. The monoisotopic (exact) mass is 294 g/mol. The van der Waals surface area contributed by atoms with Gasteiger partial charge in [-0.2, -0.15) is 8.78 Å². The zero-order chi connectivity index (χ0) is 15.3. The number of carboxylic acid groups (broad SMARTS) is 1. The van der Waals surface area contributed by atoms with Crippen LogP contribution in [0.5, 0.6) is 0 Å². The van der Waals surface area contributed by atoms with Crippen LogP contribution < -0.4 is 0 Å². The van der Waals surface area contributed by atoms with Gasteiger partial charge in [0, 0.05) is 13.0 Å². The first kappa shape index (κ1) is 17.3. The van der Waals surface area contributed by atoms with Crippen molar-refractivity contribution in [2.24, 2.45) is 11.8 Å². The van der Waals surface area contributed by atoms with Crippen LogP contribution in [0.25, 0.3) is 0 Å². The Labute approximate surface area is 118 Å². The van der Waals surface area contributed by atoms with E-state index in [0.29, 0.717) is 12.8 Å². The number of methoxy groups -OCH3 is 1. The van der Waals surface area contributed by atoms with Crippen molar-refractivity contribution in [3.05, 3.63) is 0 Å². The predicted molar refractivity (Wildman–Crippen MR) is 69.7 cm³/mol. The van der Waals surface area contributed by atoms with Gasteiger partial charge >= 0.3 is 11.9 Å². The molecule has 2 unspecified atom stereocenters. The number of carbonyl (C=O) groups is 1. The second-order valence-corrected chi connectivity index (χ2v) is 5.73. The van der Waals surface area contributed by atoms with Crippen LogP contribution in [0.3, 0.4) is 0 Å². The highest BCUT2D eigenvalue weighted by molar-refractivity contribution is 5.76. The molecule has 0 amide bonds. The Morgan fingerprint density at radius 1 is 1.25 bits per heavy atom. The normalized spacial score (nSPS) is 20.9. The van der Waals surface area contributed by atoms with Crippen LogP contribution in [0.2, 0.25) is 0 Å². The molecule has 0 aromatic rings. The van der Waals surface area contributed by atoms with Crippen LogP contribution in [0.15, 0.2) is 0 Å². The summed E-state index contributed by atoms with van der Waals surface area (Å²) < 4.78 is 38.4. The van der Waals surface area contributed by atoms with E-state index >= 15 is 0 Å². The Kier molecular flexibility index (Phi) is 6.33. The maximum Gasteiger partial charge on any atom is 0.377 e. The van der Waals surface area contributed by atoms with Gasteiger partial charge in [0.15, 0.2) is 6.29 Å². The van der Waals surface area contributed by atoms with E-state index in [1.54, 1.807) is 13.8 Å². The number of halogens is 2. The molecule has 1 aliphatic carbocycles. The van der Waals surface area contributed by atoms with Crippen molar-refractivity contribution >= 4 is 5.97 Å². The highest BCUT2D eigenvalue weighted by Crippen LogP contribution is 2.37. The van der Waals surface area contributed by atoms with Crippen LogP contribution in [-0.2, 0) is 14.3 Å². The number of aliphatic carboxylic acids is 1. The topological polar surface area (TPSA) is 55.8 Å². The van der Waals surface area contributed by atoms with E-state index in [1.165, 1.54) is 7.11 Å². The summed E-state index contributed by atoms with van der Waals surface area (Å²) in [6.45, 7) is 3.57. The third-order valence-corrected chi connectivity index (χ3v) is 3.78. The van der Waals surface area contributed by atoms with E-state index in [2.05, 4.69) is 0 Å². The minimum atomic E-state index is -3.90. The molecule has 1 rings (SSSR count). The molecule has 20 heavy (non-hydrogen) atoms. The number of alkyl halides is 2. The first-order chi connectivity index (χ1) is 9.30. The fraction of sp³-hybridized carbons (Fsp3) is 0.929. The summed E-state index contributed by atoms with van der Waals surface area (Å²) in [7, 11) is 1.38. The quantitative estimate of drug-likeness (QED) is 0.732. The van der Waals surface area contributed by atoms with E-state index in [9.17, 15) is 13.6 Å². The molecule has 1 saturated carbocycles. The van der Waals surface area contributed by atoms with Gasteiger partial charge in [0.1, 0.15) is 6.10 Å². The number of carboxylic acids is 1. The van der Waals surface area contributed by atoms with Gasteiger partial charge in [-0.1, -0.05) is 33.1 Å². The van der Waals surface area contributed by atoms with Gasteiger partial charge in [-0.05, 0) is 18.8 Å². The fourth-order valence-electron chi connectivity index (χ4n) is 2.68. The van der Waals surface area contributed by atoms with Crippen molar-refractivity contribution in [3.63, 3.8) is 0 Å². The molecular weight excluding hydrogens is 270 g/mol. The highest BCUT2D eigenvalue weighted by atomic mass is 19.3. The van der Waals surface area contributed by atoms with Gasteiger partial charge in [-0.15, -0.1) is 0 Å². The molecule has 4 nitrogen and oxygen atoms in total. The minimum Gasteiger partial charge on any atom is -0.477 e. The van der Waals surface area contributed by atoms with E-state index in [0.717, 1.165) is 19.3 Å². The van der Waals surface area contributed by atoms with Crippen LogP contribution in [0, 0.1) is 11.8 Å². The summed E-state index contributed by atoms with van der Waals surface area (Å²) in [5.74, 6) is -6.60. The van der Waals surface area contributed by atoms with Crippen molar-refractivity contribution in [2.75, 3.05) is 7.11 Å². The van der Waals surface area contributed by atoms with E-state index in [4.69, 9.17) is 14.6 Å². The van der Waals surface area contributed by atoms with Crippen molar-refractivity contribution in [3.8, 4) is 0 Å². The number of hydrogen-bond acceptors (Lipinski definition) is 3. The minimum absolute atomic E-state index is 0.129. The van der Waals surface area contributed by atoms with Crippen LogP contribution >= 0.6 is 0 Å². The first-order valence-corrected chi connectivity index (χ1v) is 7.10. The largest absolute Gasteiger partial charge is 0.477 e. The third-order valence-electron chi connectivity index (χ3n) is 3.78. The maximum atomic E-state index is 14.0. The average Bonchev–Trinajstić information content (AvgIpc) is 2.39. The maximum absolute atomic E-state index is 14.0. The molecule has 1 aliphatic rings. The zero-order valence-electron chi connectivity index (χ0n) is 12.3. The first-order valence-electron chi connectivity index (χ1n) is 7.10. The lowest BCUT2D eigenvalue weighted by Crippen LogP contribution is -2.50. The average molecular weight is 294 g/mol. The molecule has 0 heterocycles. The van der Waals surface area contributed by atoms with Crippen molar-refractivity contribution < 1.29 is 28.2 Å². The number of rotatable bonds is 7. The zero-order valence-corrected chi connectivity index (χ0v) is 12.3.